The van der Waals surface area contributed by atoms with E-state index in [1.807, 2.05) is 0 Å². The summed E-state index contributed by atoms with van der Waals surface area (Å²) in [6.07, 6.45) is 0. The van der Waals surface area contributed by atoms with Crippen LogP contribution in [0, 0.1) is 0 Å². The van der Waals surface area contributed by atoms with Crippen LogP contribution in [0.3, 0.4) is 0 Å². The SMILES string of the molecule is OB(O)O.[Cs]. The molecule has 5 heteroatoms. The van der Waals surface area contributed by atoms with Crippen molar-refractivity contribution < 1.29 is 15.1 Å². The van der Waals surface area contributed by atoms with Gasteiger partial charge in [0, 0.05) is 68.9 Å². The van der Waals surface area contributed by atoms with Crippen molar-refractivity contribution in [3.05, 3.63) is 0 Å². The first-order valence-corrected chi connectivity index (χ1v) is 0.775. The molecule has 0 rings (SSSR count). The Hall–Kier alpha value is 2.00. The summed E-state index contributed by atoms with van der Waals surface area (Å²) in [5, 5.41) is 21.5. The van der Waals surface area contributed by atoms with E-state index in [1.54, 1.807) is 0 Å². The van der Waals surface area contributed by atoms with Gasteiger partial charge in [-0.25, -0.2) is 0 Å². The van der Waals surface area contributed by atoms with Crippen LogP contribution in [0.1, 0.15) is 0 Å². The fraction of sp³-hybridized carbons (Fsp3) is 0. The van der Waals surface area contributed by atoms with Gasteiger partial charge in [0.2, 0.25) is 0 Å². The Morgan fingerprint density at radius 1 is 1.00 bits per heavy atom. The molecule has 0 atom stereocenters. The van der Waals surface area contributed by atoms with Crippen molar-refractivity contribution in [2.75, 3.05) is 0 Å². The van der Waals surface area contributed by atoms with Crippen LogP contribution in [0.15, 0.2) is 0 Å². The van der Waals surface area contributed by atoms with Crippen molar-refractivity contribution in [1.82, 2.24) is 0 Å². The van der Waals surface area contributed by atoms with E-state index in [9.17, 15) is 0 Å². The van der Waals surface area contributed by atoms with Gasteiger partial charge in [-0.15, -0.1) is 0 Å². The summed E-state index contributed by atoms with van der Waals surface area (Å²) in [6, 6.07) is 0. The molecule has 0 spiro atoms. The fourth-order valence-electron chi connectivity index (χ4n) is 0. The van der Waals surface area contributed by atoms with E-state index in [1.165, 1.54) is 0 Å². The minimum atomic E-state index is -2.17. The molecule has 0 saturated carbocycles. The molecule has 0 aliphatic carbocycles. The van der Waals surface area contributed by atoms with E-state index in [-0.39, 0.29) is 68.9 Å². The van der Waals surface area contributed by atoms with Crippen molar-refractivity contribution >= 4 is 76.2 Å². The summed E-state index contributed by atoms with van der Waals surface area (Å²) in [5.74, 6) is 0. The molecule has 0 heterocycles. The molecule has 0 bridgehead atoms. The minimum absolute atomic E-state index is 0. The third kappa shape index (κ3) is 24.0. The Morgan fingerprint density at radius 2 is 1.00 bits per heavy atom. The van der Waals surface area contributed by atoms with Crippen LogP contribution in [0.2, 0.25) is 0 Å². The van der Waals surface area contributed by atoms with Gasteiger partial charge in [0.1, 0.15) is 0 Å². The number of rotatable bonds is 0. The van der Waals surface area contributed by atoms with E-state index in [0.717, 1.165) is 0 Å². The first-order valence-electron chi connectivity index (χ1n) is 0.775. The standard InChI is InChI=1S/BH3O3.Cs/c2-1(3)4;/h2-4H;. The summed E-state index contributed by atoms with van der Waals surface area (Å²) >= 11 is 0. The first kappa shape index (κ1) is 10.1. The smallest absolute Gasteiger partial charge is 0.402 e. The van der Waals surface area contributed by atoms with E-state index in [2.05, 4.69) is 0 Å². The second-order valence-corrected chi connectivity index (χ2v) is 0.346. The molecule has 5 heavy (non-hydrogen) atoms. The Labute approximate surface area is 89.0 Å². The van der Waals surface area contributed by atoms with Crippen LogP contribution in [0.5, 0.6) is 0 Å². The van der Waals surface area contributed by atoms with Crippen LogP contribution >= 0.6 is 0 Å². The Morgan fingerprint density at radius 3 is 1.00 bits per heavy atom. The van der Waals surface area contributed by atoms with Crippen LogP contribution in [0.4, 0.5) is 0 Å². The van der Waals surface area contributed by atoms with Crippen molar-refractivity contribution in [1.29, 1.82) is 0 Å². The van der Waals surface area contributed by atoms with Crippen molar-refractivity contribution in [3.63, 3.8) is 0 Å². The zero-order valence-corrected chi connectivity index (χ0v) is 9.20. The van der Waals surface area contributed by atoms with Crippen molar-refractivity contribution in [2.24, 2.45) is 0 Å². The molecule has 1 radical (unpaired) electrons. The Kier molecular flexibility index (Phi) is 12.1. The normalized spacial score (nSPS) is 5.40. The predicted octanol–water partition coefficient (Wildman–Crippen LogP) is -2.43. The van der Waals surface area contributed by atoms with Gasteiger partial charge in [0.25, 0.3) is 0 Å². The zero-order chi connectivity index (χ0) is 3.58. The fourth-order valence-corrected chi connectivity index (χ4v) is 0. The summed E-state index contributed by atoms with van der Waals surface area (Å²) in [5.41, 5.74) is 0. The van der Waals surface area contributed by atoms with E-state index in [4.69, 9.17) is 15.1 Å². The maximum Gasteiger partial charge on any atom is 0.631 e. The summed E-state index contributed by atoms with van der Waals surface area (Å²) in [6.45, 7) is 0. The molecule has 0 unspecified atom stereocenters. The molecule has 0 aromatic heterocycles. The molecule has 0 aromatic rings. The molecule has 0 aliphatic rings. The largest absolute Gasteiger partial charge is 0.631 e. The first-order chi connectivity index (χ1) is 1.73. The van der Waals surface area contributed by atoms with E-state index >= 15 is 0 Å². The van der Waals surface area contributed by atoms with Crippen LogP contribution in [-0.2, 0) is 0 Å². The zero-order valence-electron chi connectivity index (χ0n) is 2.92. The molecule has 0 fully saturated rings. The Balaban J connectivity index is 0. The van der Waals surface area contributed by atoms with Gasteiger partial charge in [-0.1, -0.05) is 0 Å². The third-order valence-electron chi connectivity index (χ3n) is 0. The number of hydrogen-bond donors (Lipinski definition) is 3. The molecule has 3 nitrogen and oxygen atoms in total. The van der Waals surface area contributed by atoms with E-state index in [0.29, 0.717) is 0 Å². The minimum Gasteiger partial charge on any atom is -0.402 e. The second-order valence-electron chi connectivity index (χ2n) is 0.346. The van der Waals surface area contributed by atoms with Crippen molar-refractivity contribution in [3.8, 4) is 0 Å². The average molecular weight is 195 g/mol. The summed E-state index contributed by atoms with van der Waals surface area (Å²) in [7, 11) is -2.17. The van der Waals surface area contributed by atoms with Crippen LogP contribution in [0.25, 0.3) is 0 Å². The predicted molar refractivity (Wildman–Crippen MR) is 18.2 cm³/mol. The third-order valence-corrected chi connectivity index (χ3v) is 0. The van der Waals surface area contributed by atoms with Gasteiger partial charge in [-0.3, -0.25) is 0 Å². The molecule has 0 aromatic carbocycles. The summed E-state index contributed by atoms with van der Waals surface area (Å²) < 4.78 is 0. The van der Waals surface area contributed by atoms with Gasteiger partial charge in [-0.2, -0.15) is 0 Å². The quantitative estimate of drug-likeness (QED) is 0.376. The Bertz CT molecular complexity index is 11.6. The molecule has 25 valence electrons. The monoisotopic (exact) mass is 195 g/mol. The van der Waals surface area contributed by atoms with Gasteiger partial charge in [0.05, 0.1) is 0 Å². The van der Waals surface area contributed by atoms with Crippen LogP contribution in [-0.4, -0.2) is 91.3 Å². The molecular formula is H3BCsO3. The van der Waals surface area contributed by atoms with Gasteiger partial charge >= 0.3 is 7.32 Å². The molecule has 0 amide bonds. The van der Waals surface area contributed by atoms with E-state index < -0.39 is 7.32 Å². The maximum absolute atomic E-state index is 7.17. The maximum atomic E-state index is 7.17. The topological polar surface area (TPSA) is 60.7 Å². The van der Waals surface area contributed by atoms with Gasteiger partial charge in [0.15, 0.2) is 0 Å². The molecular weight excluding hydrogens is 192 g/mol. The van der Waals surface area contributed by atoms with Gasteiger partial charge < -0.3 is 15.1 Å². The van der Waals surface area contributed by atoms with Crippen molar-refractivity contribution in [2.45, 2.75) is 0 Å². The molecule has 0 aliphatic heterocycles. The number of hydrogen-bond acceptors (Lipinski definition) is 3. The average Bonchev–Trinajstić information content (AvgIpc) is 0.811. The van der Waals surface area contributed by atoms with Gasteiger partial charge in [-0.05, 0) is 0 Å². The van der Waals surface area contributed by atoms with Crippen LogP contribution < -0.4 is 0 Å². The summed E-state index contributed by atoms with van der Waals surface area (Å²) in [4.78, 5) is 0. The molecule has 3 N–H and O–H groups in total. The molecule has 0 saturated heterocycles. The second kappa shape index (κ2) is 6.00.